The number of carbonyl (C=O) groups is 1. The van der Waals surface area contributed by atoms with Crippen molar-refractivity contribution < 1.29 is 13.2 Å². The first kappa shape index (κ1) is 17.6. The van der Waals surface area contributed by atoms with Gasteiger partial charge < -0.3 is 0 Å². The molecular formula is C16H18N4O3S. The van der Waals surface area contributed by atoms with Crippen LogP contribution >= 0.6 is 0 Å². The van der Waals surface area contributed by atoms with Crippen LogP contribution < -0.4 is 16.7 Å². The van der Waals surface area contributed by atoms with E-state index in [2.05, 4.69) is 10.5 Å². The molecule has 0 aliphatic rings. The molecule has 0 aromatic heterocycles. The monoisotopic (exact) mass is 346 g/mol. The van der Waals surface area contributed by atoms with E-state index in [-0.39, 0.29) is 4.90 Å². The second kappa shape index (κ2) is 7.24. The molecule has 7 nitrogen and oxygen atoms in total. The molecule has 0 saturated carbocycles. The number of rotatable bonds is 3. The summed E-state index contributed by atoms with van der Waals surface area (Å²) < 4.78 is 25.3. The van der Waals surface area contributed by atoms with Gasteiger partial charge in [0.15, 0.2) is 0 Å². The van der Waals surface area contributed by atoms with Gasteiger partial charge in [0, 0.05) is 0 Å². The van der Waals surface area contributed by atoms with Crippen molar-refractivity contribution in [3.63, 3.8) is 0 Å². The van der Waals surface area contributed by atoms with E-state index in [1.165, 1.54) is 12.1 Å². The Kier molecular flexibility index (Phi) is 5.32. The van der Waals surface area contributed by atoms with Gasteiger partial charge in [-0.1, -0.05) is 35.9 Å². The second-order valence-electron chi connectivity index (χ2n) is 5.13. The molecule has 4 N–H and O–H groups in total. The number of nitrogens with zero attached hydrogens (tertiary/aromatic N) is 1. The standard InChI is InChI=1S/C16H18N4O3S/c1-11-7-9-13(10-8-11)24(22,23)16(15(21)18-17)20-19-14-6-4-3-5-12(14)2/h3-10,19H,17H2,1-2H3,(H,18,21)/b20-16-. The number of hydrogen-bond donors (Lipinski definition) is 3. The lowest BCUT2D eigenvalue weighted by Crippen LogP contribution is -2.40. The Bertz CT molecular complexity index is 874. The molecule has 0 aliphatic heterocycles. The minimum Gasteiger partial charge on any atom is -0.288 e. The zero-order valence-corrected chi connectivity index (χ0v) is 14.1. The van der Waals surface area contributed by atoms with Gasteiger partial charge >= 0.3 is 0 Å². The summed E-state index contributed by atoms with van der Waals surface area (Å²) in [6.45, 7) is 3.66. The molecule has 0 saturated heterocycles. The molecule has 0 bridgehead atoms. The molecule has 2 aromatic carbocycles. The van der Waals surface area contributed by atoms with E-state index in [4.69, 9.17) is 5.84 Å². The highest BCUT2D eigenvalue weighted by atomic mass is 32.2. The molecule has 0 heterocycles. The van der Waals surface area contributed by atoms with Crippen LogP contribution in [0.1, 0.15) is 11.1 Å². The minimum atomic E-state index is -4.12. The number of anilines is 1. The highest BCUT2D eigenvalue weighted by molar-refractivity contribution is 8.08. The number of hydrazine groups is 1. The Labute approximate surface area is 140 Å². The molecule has 0 aliphatic carbocycles. The third-order valence-corrected chi connectivity index (χ3v) is 5.01. The average molecular weight is 346 g/mol. The van der Waals surface area contributed by atoms with Crippen LogP contribution in [-0.2, 0) is 14.6 Å². The molecule has 0 unspecified atom stereocenters. The van der Waals surface area contributed by atoms with Crippen molar-refractivity contribution in [2.45, 2.75) is 18.7 Å². The largest absolute Gasteiger partial charge is 0.297 e. The van der Waals surface area contributed by atoms with Crippen molar-refractivity contribution in [3.05, 3.63) is 59.7 Å². The van der Waals surface area contributed by atoms with Gasteiger partial charge in [0.1, 0.15) is 0 Å². The van der Waals surface area contributed by atoms with Gasteiger partial charge in [0.2, 0.25) is 14.9 Å². The highest BCUT2D eigenvalue weighted by Crippen LogP contribution is 2.16. The summed E-state index contributed by atoms with van der Waals surface area (Å²) in [5.41, 5.74) is 6.75. The quantitative estimate of drug-likeness (QED) is 0.256. The van der Waals surface area contributed by atoms with E-state index in [1.54, 1.807) is 24.3 Å². The predicted molar refractivity (Wildman–Crippen MR) is 92.9 cm³/mol. The third-order valence-electron chi connectivity index (χ3n) is 3.33. The van der Waals surface area contributed by atoms with Crippen LogP contribution in [-0.4, -0.2) is 19.4 Å². The number of hydrogen-bond acceptors (Lipinski definition) is 6. The normalized spacial score (nSPS) is 11.9. The third kappa shape index (κ3) is 3.79. The Morgan fingerprint density at radius 2 is 1.67 bits per heavy atom. The number of carbonyl (C=O) groups excluding carboxylic acids is 1. The number of para-hydroxylation sites is 1. The van der Waals surface area contributed by atoms with E-state index >= 15 is 0 Å². The van der Waals surface area contributed by atoms with Crippen LogP contribution in [0.5, 0.6) is 0 Å². The van der Waals surface area contributed by atoms with E-state index < -0.39 is 20.8 Å². The van der Waals surface area contributed by atoms with E-state index in [1.807, 2.05) is 31.4 Å². The number of aryl methyl sites for hydroxylation is 2. The SMILES string of the molecule is Cc1ccc(S(=O)(=O)/C(=N\Nc2ccccc2C)C(=O)NN)cc1. The fraction of sp³-hybridized carbons (Fsp3) is 0.125. The van der Waals surface area contributed by atoms with E-state index in [0.717, 1.165) is 11.1 Å². The number of sulfone groups is 1. The van der Waals surface area contributed by atoms with Gasteiger partial charge in [-0.15, -0.1) is 0 Å². The maximum Gasteiger partial charge on any atom is 0.297 e. The Morgan fingerprint density at radius 1 is 1.04 bits per heavy atom. The molecule has 126 valence electrons. The lowest BCUT2D eigenvalue weighted by molar-refractivity contribution is -0.114. The maximum absolute atomic E-state index is 12.7. The van der Waals surface area contributed by atoms with Crippen LogP contribution in [0.25, 0.3) is 0 Å². The summed E-state index contributed by atoms with van der Waals surface area (Å²) in [5.74, 6) is 4.09. The average Bonchev–Trinajstić information content (AvgIpc) is 2.56. The molecule has 2 aromatic rings. The molecule has 0 radical (unpaired) electrons. The molecule has 0 spiro atoms. The number of nitrogens with one attached hydrogen (secondary N) is 2. The zero-order chi connectivity index (χ0) is 17.7. The molecular weight excluding hydrogens is 328 g/mol. The predicted octanol–water partition coefficient (Wildman–Crippen LogP) is 1.49. The van der Waals surface area contributed by atoms with Crippen LogP contribution in [0, 0.1) is 13.8 Å². The number of benzene rings is 2. The lowest BCUT2D eigenvalue weighted by Gasteiger charge is -2.09. The van der Waals surface area contributed by atoms with Crippen LogP contribution in [0.4, 0.5) is 5.69 Å². The molecule has 2 rings (SSSR count). The van der Waals surface area contributed by atoms with Gasteiger partial charge in [0.25, 0.3) is 5.91 Å². The first-order valence-electron chi connectivity index (χ1n) is 7.08. The molecule has 24 heavy (non-hydrogen) atoms. The number of amides is 1. The summed E-state index contributed by atoms with van der Waals surface area (Å²) in [7, 11) is -4.12. The minimum absolute atomic E-state index is 0.0398. The van der Waals surface area contributed by atoms with Crippen molar-refractivity contribution in [1.29, 1.82) is 0 Å². The fourth-order valence-electron chi connectivity index (χ4n) is 1.93. The topological polar surface area (TPSA) is 114 Å². The van der Waals surface area contributed by atoms with E-state index in [9.17, 15) is 13.2 Å². The fourth-order valence-corrected chi connectivity index (χ4v) is 3.12. The summed E-state index contributed by atoms with van der Waals surface area (Å²) in [5, 5.41) is 3.07. The van der Waals surface area contributed by atoms with Crippen LogP contribution in [0.2, 0.25) is 0 Å². The molecule has 0 fully saturated rings. The van der Waals surface area contributed by atoms with Crippen LogP contribution in [0.15, 0.2) is 58.5 Å². The van der Waals surface area contributed by atoms with Crippen molar-refractivity contribution in [2.24, 2.45) is 10.9 Å². The van der Waals surface area contributed by atoms with E-state index in [0.29, 0.717) is 5.69 Å². The van der Waals surface area contributed by atoms with Gasteiger partial charge in [-0.05, 0) is 37.6 Å². The molecule has 0 atom stereocenters. The highest BCUT2D eigenvalue weighted by Gasteiger charge is 2.29. The molecule has 1 amide bonds. The van der Waals surface area contributed by atoms with Crippen molar-refractivity contribution in [1.82, 2.24) is 5.43 Å². The Hall–Kier alpha value is -2.71. The number of hydrazone groups is 1. The molecule has 8 heteroatoms. The van der Waals surface area contributed by atoms with Gasteiger partial charge in [0.05, 0.1) is 10.6 Å². The van der Waals surface area contributed by atoms with Crippen LogP contribution in [0.3, 0.4) is 0 Å². The lowest BCUT2D eigenvalue weighted by atomic mass is 10.2. The van der Waals surface area contributed by atoms with Gasteiger partial charge in [-0.2, -0.15) is 5.10 Å². The van der Waals surface area contributed by atoms with Crippen molar-refractivity contribution in [3.8, 4) is 0 Å². The van der Waals surface area contributed by atoms with Crippen molar-refractivity contribution >= 4 is 26.5 Å². The Balaban J connectivity index is 2.45. The first-order chi connectivity index (χ1) is 11.4. The summed E-state index contributed by atoms with van der Waals surface area (Å²) in [6.07, 6.45) is 0. The summed E-state index contributed by atoms with van der Waals surface area (Å²) in [4.78, 5) is 11.9. The van der Waals surface area contributed by atoms with Gasteiger partial charge in [-0.25, -0.2) is 14.3 Å². The summed E-state index contributed by atoms with van der Waals surface area (Å²) >= 11 is 0. The maximum atomic E-state index is 12.7. The Morgan fingerprint density at radius 3 is 2.25 bits per heavy atom. The van der Waals surface area contributed by atoms with Crippen molar-refractivity contribution in [2.75, 3.05) is 5.43 Å². The number of nitrogens with two attached hydrogens (primary N) is 1. The smallest absolute Gasteiger partial charge is 0.288 e. The summed E-state index contributed by atoms with van der Waals surface area (Å²) in [6, 6.07) is 13.3. The van der Waals surface area contributed by atoms with Gasteiger partial charge in [-0.3, -0.25) is 15.6 Å². The second-order valence-corrected chi connectivity index (χ2v) is 7.00. The zero-order valence-electron chi connectivity index (χ0n) is 13.3. The first-order valence-corrected chi connectivity index (χ1v) is 8.56.